The minimum atomic E-state index is 0. The maximum atomic E-state index is 7.56. The first-order valence-corrected chi connectivity index (χ1v) is 1.25. The third-order valence-corrected chi connectivity index (χ3v) is 0.200. The quantitative estimate of drug-likeness (QED) is 0.265. The minimum Gasteiger partial charge on any atom is -0.411 e. The summed E-state index contributed by atoms with van der Waals surface area (Å²) >= 11 is 0. The second-order valence-corrected chi connectivity index (χ2v) is 0.529. The van der Waals surface area contributed by atoms with Crippen LogP contribution in [0.5, 0.6) is 0 Å². The van der Waals surface area contributed by atoms with Gasteiger partial charge in [-0.2, -0.15) is 0 Å². The Morgan fingerprint density at radius 1 is 1.00 bits per heavy atom. The molecule has 5 heteroatoms. The molecule has 0 radical (unpaired) electrons. The van der Waals surface area contributed by atoms with Crippen LogP contribution < -0.4 is 0 Å². The van der Waals surface area contributed by atoms with E-state index in [9.17, 15) is 0 Å². The van der Waals surface area contributed by atoms with Gasteiger partial charge < -0.3 is 10.4 Å². The molecule has 0 saturated heterocycles. The first-order valence-electron chi connectivity index (χ1n) is 1.25. The number of hydrogen-bond donors (Lipinski definition) is 2. The van der Waals surface area contributed by atoms with Gasteiger partial charge in [0.15, 0.2) is 0 Å². The van der Waals surface area contributed by atoms with Crippen LogP contribution in [-0.2, 0) is 20.4 Å². The van der Waals surface area contributed by atoms with Gasteiger partial charge >= 0.3 is 0 Å². The summed E-state index contributed by atoms with van der Waals surface area (Å²) in [5.74, 6) is 0. The van der Waals surface area contributed by atoms with Crippen molar-refractivity contribution >= 4 is 12.4 Å². The van der Waals surface area contributed by atoms with Crippen LogP contribution in [0.3, 0.4) is 0 Å². The summed E-state index contributed by atoms with van der Waals surface area (Å²) < 4.78 is 0. The molecule has 0 rings (SSSR count). The van der Waals surface area contributed by atoms with Crippen molar-refractivity contribution in [3.05, 3.63) is 0 Å². The average Bonchev–Trinajstić information content (AvgIpc) is 1.61. The molecule has 0 saturated carbocycles. The molecule has 0 amide bonds. The van der Waals surface area contributed by atoms with Gasteiger partial charge in [0.1, 0.15) is 0 Å². The van der Waals surface area contributed by atoms with Crippen molar-refractivity contribution in [2.24, 2.45) is 10.3 Å². The second-order valence-electron chi connectivity index (χ2n) is 0.529. The molecule has 0 aliphatic carbocycles. The van der Waals surface area contributed by atoms with E-state index in [4.69, 9.17) is 10.4 Å². The Labute approximate surface area is 54.2 Å². The Hall–Kier alpha value is -0.398. The van der Waals surface area contributed by atoms with Crippen molar-refractivity contribution in [3.8, 4) is 0 Å². The number of nitrogens with zero attached hydrogens (tertiary/aromatic N) is 2. The molecule has 0 aromatic rings. The maximum Gasteiger partial charge on any atom is 0.0877 e. The molecule has 0 aromatic carbocycles. The molecule has 0 heterocycles. The van der Waals surface area contributed by atoms with Crippen LogP contribution in [0.25, 0.3) is 0 Å². The molecule has 0 aliphatic heterocycles. The van der Waals surface area contributed by atoms with Crippen molar-refractivity contribution in [1.82, 2.24) is 0 Å². The zero-order valence-electron chi connectivity index (χ0n) is 3.26. The van der Waals surface area contributed by atoms with E-state index in [0.717, 1.165) is 12.4 Å². The van der Waals surface area contributed by atoms with Gasteiger partial charge in [0.05, 0.1) is 12.4 Å². The number of oxime groups is 2. The fraction of sp³-hybridized carbons (Fsp3) is 0. The number of rotatable bonds is 1. The normalized spacial score (nSPS) is 9.71. The number of hydrogen-bond acceptors (Lipinski definition) is 4. The molecule has 0 atom stereocenters. The SMILES string of the molecule is ON=CC=NO.[Pd]. The van der Waals surface area contributed by atoms with Crippen LogP contribution in [-0.4, -0.2) is 22.8 Å². The first kappa shape index (κ1) is 9.78. The average molecular weight is 194 g/mol. The molecular formula is C2H4N2O2Pd. The van der Waals surface area contributed by atoms with Crippen molar-refractivity contribution in [1.29, 1.82) is 0 Å². The molecule has 0 fully saturated rings. The van der Waals surface area contributed by atoms with E-state index in [-0.39, 0.29) is 20.4 Å². The third-order valence-electron chi connectivity index (χ3n) is 0.200. The summed E-state index contributed by atoms with van der Waals surface area (Å²) in [5.41, 5.74) is 0. The maximum absolute atomic E-state index is 7.56. The predicted molar refractivity (Wildman–Crippen MR) is 20.6 cm³/mol. The molecule has 0 aromatic heterocycles. The van der Waals surface area contributed by atoms with Gasteiger partial charge in [-0.05, 0) is 0 Å². The molecule has 44 valence electrons. The summed E-state index contributed by atoms with van der Waals surface area (Å²) in [6, 6.07) is 0. The Balaban J connectivity index is 0. The van der Waals surface area contributed by atoms with E-state index >= 15 is 0 Å². The van der Waals surface area contributed by atoms with Crippen LogP contribution in [0.15, 0.2) is 10.3 Å². The summed E-state index contributed by atoms with van der Waals surface area (Å²) in [4.78, 5) is 0. The topological polar surface area (TPSA) is 65.2 Å². The van der Waals surface area contributed by atoms with Crippen LogP contribution in [0.1, 0.15) is 0 Å². The first-order chi connectivity index (χ1) is 2.91. The van der Waals surface area contributed by atoms with Crippen LogP contribution in [0.2, 0.25) is 0 Å². The summed E-state index contributed by atoms with van der Waals surface area (Å²) in [6.07, 6.45) is 1.89. The summed E-state index contributed by atoms with van der Waals surface area (Å²) in [6.45, 7) is 0. The van der Waals surface area contributed by atoms with E-state index < -0.39 is 0 Å². The molecule has 2 N–H and O–H groups in total. The molecule has 7 heavy (non-hydrogen) atoms. The van der Waals surface area contributed by atoms with Gasteiger partial charge in [0.2, 0.25) is 0 Å². The molecule has 0 bridgehead atoms. The smallest absolute Gasteiger partial charge is 0.0877 e. The van der Waals surface area contributed by atoms with Crippen LogP contribution in [0, 0.1) is 0 Å². The van der Waals surface area contributed by atoms with E-state index in [1.807, 2.05) is 0 Å². The largest absolute Gasteiger partial charge is 0.411 e. The molecule has 0 unspecified atom stereocenters. The predicted octanol–water partition coefficient (Wildman–Crippen LogP) is -0.0961. The molecule has 0 spiro atoms. The van der Waals surface area contributed by atoms with Gasteiger partial charge in [-0.15, -0.1) is 0 Å². The summed E-state index contributed by atoms with van der Waals surface area (Å²) in [7, 11) is 0. The Morgan fingerprint density at radius 2 is 1.29 bits per heavy atom. The van der Waals surface area contributed by atoms with Crippen LogP contribution >= 0.6 is 0 Å². The van der Waals surface area contributed by atoms with Gasteiger partial charge in [-0.3, -0.25) is 0 Å². The van der Waals surface area contributed by atoms with Gasteiger partial charge in [0.25, 0.3) is 0 Å². The van der Waals surface area contributed by atoms with Gasteiger partial charge in [-0.1, -0.05) is 10.3 Å². The minimum absolute atomic E-state index is 0. The standard InChI is InChI=1S/C2H4N2O2.Pd/c5-3-1-2-4-6;/h1-2,5-6H;. The molecule has 4 nitrogen and oxygen atoms in total. The molecule has 0 aliphatic rings. The monoisotopic (exact) mass is 194 g/mol. The van der Waals surface area contributed by atoms with Crippen LogP contribution in [0.4, 0.5) is 0 Å². The zero-order chi connectivity index (χ0) is 4.83. The van der Waals surface area contributed by atoms with Gasteiger partial charge in [-0.25, -0.2) is 0 Å². The Bertz CT molecular complexity index is 62.1. The third kappa shape index (κ3) is 10.7. The van der Waals surface area contributed by atoms with Crippen molar-refractivity contribution < 1.29 is 30.8 Å². The van der Waals surface area contributed by atoms with E-state index in [1.54, 1.807) is 0 Å². The summed E-state index contributed by atoms with van der Waals surface area (Å²) in [5, 5.41) is 20.1. The van der Waals surface area contributed by atoms with Crippen molar-refractivity contribution in [3.63, 3.8) is 0 Å². The van der Waals surface area contributed by atoms with E-state index in [0.29, 0.717) is 0 Å². The Kier molecular flexibility index (Phi) is 12.8. The van der Waals surface area contributed by atoms with Crippen molar-refractivity contribution in [2.45, 2.75) is 0 Å². The fourth-order valence-corrected chi connectivity index (χ4v) is 0.0596. The van der Waals surface area contributed by atoms with Gasteiger partial charge in [0, 0.05) is 20.4 Å². The zero-order valence-corrected chi connectivity index (χ0v) is 4.81. The van der Waals surface area contributed by atoms with Crippen molar-refractivity contribution in [2.75, 3.05) is 0 Å². The van der Waals surface area contributed by atoms with E-state index in [2.05, 4.69) is 10.3 Å². The molecular weight excluding hydrogens is 190 g/mol. The Morgan fingerprint density at radius 3 is 1.43 bits per heavy atom. The fourth-order valence-electron chi connectivity index (χ4n) is 0.0596. The van der Waals surface area contributed by atoms with E-state index in [1.165, 1.54) is 0 Å². The second kappa shape index (κ2) is 9.14.